The highest BCUT2D eigenvalue weighted by molar-refractivity contribution is 5.09. The smallest absolute Gasteiger partial charge is 0.0655 e. The van der Waals surface area contributed by atoms with Gasteiger partial charge in [0.2, 0.25) is 0 Å². The van der Waals surface area contributed by atoms with Crippen LogP contribution in [0, 0.1) is 5.92 Å². The zero-order valence-electron chi connectivity index (χ0n) is 9.29. The molecule has 1 saturated carbocycles. The summed E-state index contributed by atoms with van der Waals surface area (Å²) < 4.78 is 0. The number of nitrogens with two attached hydrogens (primary N) is 1. The standard InChI is InChI=1S/C11H22N2O/c1-10(14)7-11(12,8-10)9-3-5-13(2)6-4-9/h9,14H,3-8,12H2,1-2H3. The third kappa shape index (κ3) is 1.81. The van der Waals surface area contributed by atoms with Gasteiger partial charge < -0.3 is 15.7 Å². The molecule has 3 nitrogen and oxygen atoms in total. The molecule has 2 rings (SSSR count). The van der Waals surface area contributed by atoms with E-state index < -0.39 is 5.60 Å². The van der Waals surface area contributed by atoms with Crippen LogP contribution < -0.4 is 5.73 Å². The topological polar surface area (TPSA) is 49.5 Å². The number of hydrogen-bond donors (Lipinski definition) is 2. The van der Waals surface area contributed by atoms with Gasteiger partial charge in [0.15, 0.2) is 0 Å². The summed E-state index contributed by atoms with van der Waals surface area (Å²) in [6.45, 7) is 4.21. The minimum atomic E-state index is -0.488. The number of aliphatic hydroxyl groups is 1. The van der Waals surface area contributed by atoms with E-state index in [-0.39, 0.29) is 5.54 Å². The molecule has 1 heterocycles. The largest absolute Gasteiger partial charge is 0.390 e. The zero-order chi connectivity index (χ0) is 10.4. The molecule has 1 aliphatic heterocycles. The lowest BCUT2D eigenvalue weighted by Gasteiger charge is -2.55. The van der Waals surface area contributed by atoms with Gasteiger partial charge in [0.1, 0.15) is 0 Å². The molecule has 0 atom stereocenters. The second-order valence-corrected chi connectivity index (χ2v) is 5.66. The first-order chi connectivity index (χ1) is 6.41. The van der Waals surface area contributed by atoms with Crippen molar-refractivity contribution in [2.75, 3.05) is 20.1 Å². The predicted molar refractivity (Wildman–Crippen MR) is 57.0 cm³/mol. The number of nitrogens with zero attached hydrogens (tertiary/aromatic N) is 1. The first-order valence-corrected chi connectivity index (χ1v) is 5.61. The van der Waals surface area contributed by atoms with Gasteiger partial charge in [-0.2, -0.15) is 0 Å². The van der Waals surface area contributed by atoms with Crippen LogP contribution in [0.1, 0.15) is 32.6 Å². The molecule has 3 N–H and O–H groups in total. The van der Waals surface area contributed by atoms with Crippen molar-refractivity contribution in [3.05, 3.63) is 0 Å². The fourth-order valence-corrected chi connectivity index (χ4v) is 3.24. The maximum absolute atomic E-state index is 9.74. The molecule has 1 aliphatic carbocycles. The first kappa shape index (κ1) is 10.4. The highest BCUT2D eigenvalue weighted by atomic mass is 16.3. The first-order valence-electron chi connectivity index (χ1n) is 5.61. The van der Waals surface area contributed by atoms with Crippen LogP contribution in [0.4, 0.5) is 0 Å². The molecular formula is C11H22N2O. The lowest BCUT2D eigenvalue weighted by Crippen LogP contribution is -2.65. The van der Waals surface area contributed by atoms with Crippen molar-refractivity contribution in [1.29, 1.82) is 0 Å². The van der Waals surface area contributed by atoms with Crippen LogP contribution in [0.15, 0.2) is 0 Å². The van der Waals surface area contributed by atoms with Gasteiger partial charge in [-0.25, -0.2) is 0 Å². The van der Waals surface area contributed by atoms with Crippen molar-refractivity contribution >= 4 is 0 Å². The number of piperidine rings is 1. The molecule has 0 spiro atoms. The highest BCUT2D eigenvalue weighted by Gasteiger charge is 2.52. The second kappa shape index (κ2) is 3.19. The van der Waals surface area contributed by atoms with Gasteiger partial charge in [0.05, 0.1) is 5.60 Å². The summed E-state index contributed by atoms with van der Waals surface area (Å²) in [6, 6.07) is 0. The molecule has 1 saturated heterocycles. The molecule has 2 fully saturated rings. The van der Waals surface area contributed by atoms with Crippen molar-refractivity contribution in [3.63, 3.8) is 0 Å². The number of likely N-dealkylation sites (tertiary alicyclic amines) is 1. The van der Waals surface area contributed by atoms with Gasteiger partial charge in [-0.05, 0) is 58.7 Å². The van der Waals surface area contributed by atoms with Crippen molar-refractivity contribution in [2.45, 2.75) is 43.7 Å². The third-order valence-electron chi connectivity index (χ3n) is 3.95. The third-order valence-corrected chi connectivity index (χ3v) is 3.95. The Balaban J connectivity index is 1.91. The molecule has 3 heteroatoms. The fraction of sp³-hybridized carbons (Fsp3) is 1.00. The Morgan fingerprint density at radius 1 is 1.29 bits per heavy atom. The molecular weight excluding hydrogens is 176 g/mol. The lowest BCUT2D eigenvalue weighted by molar-refractivity contribution is -0.0994. The summed E-state index contributed by atoms with van der Waals surface area (Å²) in [5.74, 6) is 0.624. The van der Waals surface area contributed by atoms with E-state index in [2.05, 4.69) is 11.9 Å². The van der Waals surface area contributed by atoms with Crippen molar-refractivity contribution in [3.8, 4) is 0 Å². The molecule has 0 aromatic rings. The Kier molecular flexibility index (Phi) is 2.37. The zero-order valence-corrected chi connectivity index (χ0v) is 9.29. The normalized spacial score (nSPS) is 46.3. The number of rotatable bonds is 1. The van der Waals surface area contributed by atoms with Crippen LogP contribution in [0.2, 0.25) is 0 Å². The number of hydrogen-bond acceptors (Lipinski definition) is 3. The molecule has 0 aromatic heterocycles. The van der Waals surface area contributed by atoms with Crippen LogP contribution in [-0.4, -0.2) is 41.3 Å². The van der Waals surface area contributed by atoms with Gasteiger partial charge in [0.25, 0.3) is 0 Å². The fourth-order valence-electron chi connectivity index (χ4n) is 3.24. The SMILES string of the molecule is CN1CCC(C2(N)CC(C)(O)C2)CC1. The molecule has 0 unspecified atom stereocenters. The van der Waals surface area contributed by atoms with Gasteiger partial charge in [-0.1, -0.05) is 0 Å². The Morgan fingerprint density at radius 3 is 2.21 bits per heavy atom. The van der Waals surface area contributed by atoms with Crippen LogP contribution in [0.25, 0.3) is 0 Å². The van der Waals surface area contributed by atoms with Gasteiger partial charge in [-0.15, -0.1) is 0 Å². The maximum atomic E-state index is 9.74. The van der Waals surface area contributed by atoms with E-state index >= 15 is 0 Å². The van der Waals surface area contributed by atoms with E-state index in [1.165, 1.54) is 12.8 Å². The van der Waals surface area contributed by atoms with Crippen LogP contribution >= 0.6 is 0 Å². The molecule has 2 aliphatic rings. The summed E-state index contributed by atoms with van der Waals surface area (Å²) >= 11 is 0. The average molecular weight is 198 g/mol. The second-order valence-electron chi connectivity index (χ2n) is 5.66. The van der Waals surface area contributed by atoms with Crippen LogP contribution in [-0.2, 0) is 0 Å². The minimum absolute atomic E-state index is 0.0647. The Hall–Kier alpha value is -0.120. The van der Waals surface area contributed by atoms with Crippen molar-refractivity contribution < 1.29 is 5.11 Å². The quantitative estimate of drug-likeness (QED) is 0.647. The molecule has 0 bridgehead atoms. The van der Waals surface area contributed by atoms with E-state index in [0.717, 1.165) is 25.9 Å². The predicted octanol–water partition coefficient (Wildman–Crippen LogP) is 0.570. The van der Waals surface area contributed by atoms with Gasteiger partial charge in [0, 0.05) is 5.54 Å². The molecule has 14 heavy (non-hydrogen) atoms. The average Bonchev–Trinajstić information content (AvgIpc) is 2.01. The molecule has 0 aromatic carbocycles. The van der Waals surface area contributed by atoms with E-state index in [4.69, 9.17) is 5.73 Å². The Morgan fingerprint density at radius 2 is 1.79 bits per heavy atom. The Labute approximate surface area is 86.3 Å². The van der Waals surface area contributed by atoms with E-state index in [1.54, 1.807) is 0 Å². The molecule has 0 amide bonds. The highest BCUT2D eigenvalue weighted by Crippen LogP contribution is 2.46. The lowest BCUT2D eigenvalue weighted by atomic mass is 9.58. The van der Waals surface area contributed by atoms with E-state index in [1.807, 2.05) is 6.92 Å². The van der Waals surface area contributed by atoms with E-state index in [9.17, 15) is 5.11 Å². The van der Waals surface area contributed by atoms with Crippen molar-refractivity contribution in [2.24, 2.45) is 11.7 Å². The van der Waals surface area contributed by atoms with Gasteiger partial charge >= 0.3 is 0 Å². The Bertz CT molecular complexity index is 211. The summed E-state index contributed by atoms with van der Waals surface area (Å²) in [5.41, 5.74) is 5.77. The summed E-state index contributed by atoms with van der Waals surface area (Å²) in [6.07, 6.45) is 3.97. The van der Waals surface area contributed by atoms with Crippen molar-refractivity contribution in [1.82, 2.24) is 4.90 Å². The maximum Gasteiger partial charge on any atom is 0.0655 e. The van der Waals surface area contributed by atoms with Crippen LogP contribution in [0.5, 0.6) is 0 Å². The summed E-state index contributed by atoms with van der Waals surface area (Å²) in [7, 11) is 2.16. The minimum Gasteiger partial charge on any atom is -0.390 e. The summed E-state index contributed by atoms with van der Waals surface area (Å²) in [4.78, 5) is 2.36. The molecule has 82 valence electrons. The van der Waals surface area contributed by atoms with E-state index in [0.29, 0.717) is 5.92 Å². The van der Waals surface area contributed by atoms with Gasteiger partial charge in [-0.3, -0.25) is 0 Å². The monoisotopic (exact) mass is 198 g/mol. The van der Waals surface area contributed by atoms with Crippen LogP contribution in [0.3, 0.4) is 0 Å². The molecule has 0 radical (unpaired) electrons. The summed E-state index contributed by atoms with van der Waals surface area (Å²) in [5, 5.41) is 9.74.